The first-order valence-corrected chi connectivity index (χ1v) is 9.40. The summed E-state index contributed by atoms with van der Waals surface area (Å²) < 4.78 is 19.0. The first kappa shape index (κ1) is 17.2. The highest BCUT2D eigenvalue weighted by Crippen LogP contribution is 2.32. The molecule has 2 aliphatic heterocycles. The minimum absolute atomic E-state index is 0.0629. The highest BCUT2D eigenvalue weighted by molar-refractivity contribution is 5.79. The number of carbonyl (C=O) groups is 1. The summed E-state index contributed by atoms with van der Waals surface area (Å²) >= 11 is 0. The molecule has 1 aromatic heterocycles. The van der Waals surface area contributed by atoms with Crippen LogP contribution in [0, 0.1) is 5.82 Å². The summed E-state index contributed by atoms with van der Waals surface area (Å²) in [6.07, 6.45) is 6.53. The molecule has 2 fully saturated rings. The molecule has 0 spiro atoms. The molecular weight excluding hydrogens is 333 g/mol. The lowest BCUT2D eigenvalue weighted by Crippen LogP contribution is -2.39. The fourth-order valence-corrected chi connectivity index (χ4v) is 3.91. The molecule has 0 radical (unpaired) electrons. The average molecular weight is 357 g/mol. The lowest BCUT2D eigenvalue weighted by atomic mass is 10.1. The van der Waals surface area contributed by atoms with E-state index in [-0.39, 0.29) is 17.8 Å². The summed E-state index contributed by atoms with van der Waals surface area (Å²) in [6.45, 7) is 3.31. The topological polar surface area (TPSA) is 49.6 Å². The number of halogens is 1. The van der Waals surface area contributed by atoms with Crippen LogP contribution in [0.1, 0.15) is 48.9 Å². The number of carbonyl (C=O) groups excluding carboxylic acids is 1. The summed E-state index contributed by atoms with van der Waals surface area (Å²) in [4.78, 5) is 21.3. The third-order valence-corrected chi connectivity index (χ3v) is 5.28. The quantitative estimate of drug-likeness (QED) is 0.825. The Morgan fingerprint density at radius 3 is 2.69 bits per heavy atom. The van der Waals surface area contributed by atoms with Crippen molar-refractivity contribution in [2.75, 3.05) is 26.2 Å². The van der Waals surface area contributed by atoms with Crippen molar-refractivity contribution < 1.29 is 13.6 Å². The fraction of sp³-hybridized carbons (Fsp3) is 0.500. The molecule has 1 unspecified atom stereocenters. The molecule has 1 amide bonds. The molecule has 5 nitrogen and oxygen atoms in total. The number of hydrogen-bond donors (Lipinski definition) is 0. The maximum atomic E-state index is 13.0. The van der Waals surface area contributed by atoms with Crippen LogP contribution in [0.25, 0.3) is 0 Å². The third kappa shape index (κ3) is 3.80. The number of aromatic nitrogens is 1. The summed E-state index contributed by atoms with van der Waals surface area (Å²) in [5.41, 5.74) is 0.975. The Bertz CT molecular complexity index is 753. The normalized spacial score (nSPS) is 20.8. The van der Waals surface area contributed by atoms with Crippen molar-refractivity contribution in [2.45, 2.75) is 38.1 Å². The van der Waals surface area contributed by atoms with Crippen LogP contribution in [0.3, 0.4) is 0 Å². The van der Waals surface area contributed by atoms with Gasteiger partial charge >= 0.3 is 0 Å². The molecule has 0 saturated carbocycles. The van der Waals surface area contributed by atoms with Crippen LogP contribution < -0.4 is 0 Å². The molecule has 26 heavy (non-hydrogen) atoms. The van der Waals surface area contributed by atoms with E-state index in [0.29, 0.717) is 18.9 Å². The standard InChI is InChI=1S/C20H24FN3O2/c21-16-7-5-15(6-8-16)12-17-13-22-20(26-17)18-4-3-11-24(18)19(25)14-23-9-1-2-10-23/h5-8,13,18H,1-4,9-12,14H2. The third-order valence-electron chi connectivity index (χ3n) is 5.28. The van der Waals surface area contributed by atoms with Gasteiger partial charge in [0.2, 0.25) is 11.8 Å². The molecule has 138 valence electrons. The number of benzene rings is 1. The van der Waals surface area contributed by atoms with Crippen molar-refractivity contribution in [1.29, 1.82) is 0 Å². The summed E-state index contributed by atoms with van der Waals surface area (Å²) in [5.74, 6) is 1.29. The molecule has 6 heteroatoms. The van der Waals surface area contributed by atoms with E-state index in [0.717, 1.165) is 43.8 Å². The Balaban J connectivity index is 1.42. The molecule has 0 aliphatic carbocycles. The van der Waals surface area contributed by atoms with E-state index in [9.17, 15) is 9.18 Å². The zero-order valence-corrected chi connectivity index (χ0v) is 14.9. The van der Waals surface area contributed by atoms with Gasteiger partial charge in [-0.1, -0.05) is 12.1 Å². The highest BCUT2D eigenvalue weighted by Gasteiger charge is 2.34. The SMILES string of the molecule is O=C(CN1CCCC1)N1CCCC1c1ncc(Cc2ccc(F)cc2)o1. The van der Waals surface area contributed by atoms with Gasteiger partial charge in [-0.2, -0.15) is 0 Å². The second kappa shape index (κ2) is 7.58. The van der Waals surface area contributed by atoms with Gasteiger partial charge in [0.15, 0.2) is 0 Å². The smallest absolute Gasteiger partial charge is 0.237 e. The molecule has 1 aromatic carbocycles. The first-order valence-electron chi connectivity index (χ1n) is 9.40. The second-order valence-corrected chi connectivity index (χ2v) is 7.20. The van der Waals surface area contributed by atoms with Gasteiger partial charge in [-0.05, 0) is 56.5 Å². The van der Waals surface area contributed by atoms with Crippen molar-refractivity contribution in [1.82, 2.24) is 14.8 Å². The van der Waals surface area contributed by atoms with Crippen LogP contribution >= 0.6 is 0 Å². The van der Waals surface area contributed by atoms with Crippen molar-refractivity contribution in [3.63, 3.8) is 0 Å². The molecule has 3 heterocycles. The van der Waals surface area contributed by atoms with Crippen molar-refractivity contribution in [3.8, 4) is 0 Å². The number of oxazole rings is 1. The van der Waals surface area contributed by atoms with E-state index < -0.39 is 0 Å². The van der Waals surface area contributed by atoms with Gasteiger partial charge in [-0.3, -0.25) is 9.69 Å². The van der Waals surface area contributed by atoms with E-state index in [1.165, 1.54) is 25.0 Å². The second-order valence-electron chi connectivity index (χ2n) is 7.20. The number of nitrogens with zero attached hydrogens (tertiary/aromatic N) is 3. The van der Waals surface area contributed by atoms with Crippen LogP contribution in [0.4, 0.5) is 4.39 Å². The predicted octanol–water partition coefficient (Wildman–Crippen LogP) is 3.16. The van der Waals surface area contributed by atoms with Gasteiger partial charge in [-0.15, -0.1) is 0 Å². The summed E-state index contributed by atoms with van der Waals surface area (Å²) in [7, 11) is 0. The Labute approximate surface area is 152 Å². The zero-order chi connectivity index (χ0) is 17.9. The molecule has 2 saturated heterocycles. The lowest BCUT2D eigenvalue weighted by Gasteiger charge is -2.25. The highest BCUT2D eigenvalue weighted by atomic mass is 19.1. The van der Waals surface area contributed by atoms with Crippen LogP contribution in [0.15, 0.2) is 34.9 Å². The van der Waals surface area contributed by atoms with E-state index >= 15 is 0 Å². The molecule has 1 atom stereocenters. The van der Waals surface area contributed by atoms with Crippen LogP contribution in [-0.2, 0) is 11.2 Å². The number of amides is 1. The van der Waals surface area contributed by atoms with Gasteiger partial charge in [-0.25, -0.2) is 9.37 Å². The van der Waals surface area contributed by atoms with Crippen LogP contribution in [0.2, 0.25) is 0 Å². The first-order chi connectivity index (χ1) is 12.7. The lowest BCUT2D eigenvalue weighted by molar-refractivity contribution is -0.133. The van der Waals surface area contributed by atoms with Gasteiger partial charge in [0.1, 0.15) is 17.6 Å². The van der Waals surface area contributed by atoms with Gasteiger partial charge < -0.3 is 9.32 Å². The van der Waals surface area contributed by atoms with E-state index in [1.54, 1.807) is 18.3 Å². The zero-order valence-electron chi connectivity index (χ0n) is 14.9. The summed E-state index contributed by atoms with van der Waals surface area (Å²) in [5, 5.41) is 0. The largest absolute Gasteiger partial charge is 0.443 e. The minimum atomic E-state index is -0.245. The molecule has 4 rings (SSSR count). The van der Waals surface area contributed by atoms with Gasteiger partial charge in [0.25, 0.3) is 0 Å². The predicted molar refractivity (Wildman–Crippen MR) is 95.1 cm³/mol. The molecule has 2 aliphatic rings. The Hall–Kier alpha value is -2.21. The fourth-order valence-electron chi connectivity index (χ4n) is 3.91. The Kier molecular flexibility index (Phi) is 5.02. The molecule has 0 N–H and O–H groups in total. The van der Waals surface area contributed by atoms with Gasteiger partial charge in [0, 0.05) is 13.0 Å². The van der Waals surface area contributed by atoms with E-state index in [1.807, 2.05) is 4.90 Å². The summed E-state index contributed by atoms with van der Waals surface area (Å²) in [6, 6.07) is 6.33. The van der Waals surface area contributed by atoms with Crippen molar-refractivity contribution in [2.24, 2.45) is 0 Å². The maximum absolute atomic E-state index is 13.0. The average Bonchev–Trinajstić information content (AvgIpc) is 3.37. The van der Waals surface area contributed by atoms with E-state index in [2.05, 4.69) is 9.88 Å². The maximum Gasteiger partial charge on any atom is 0.237 e. The molecular formula is C20H24FN3O2. The molecule has 0 bridgehead atoms. The van der Waals surface area contributed by atoms with Gasteiger partial charge in [0.05, 0.1) is 12.7 Å². The minimum Gasteiger partial charge on any atom is -0.443 e. The monoisotopic (exact) mass is 357 g/mol. The Morgan fingerprint density at radius 2 is 1.92 bits per heavy atom. The number of rotatable bonds is 5. The van der Waals surface area contributed by atoms with Crippen LogP contribution in [-0.4, -0.2) is 46.9 Å². The van der Waals surface area contributed by atoms with E-state index in [4.69, 9.17) is 4.42 Å². The van der Waals surface area contributed by atoms with Crippen molar-refractivity contribution >= 4 is 5.91 Å². The Morgan fingerprint density at radius 1 is 1.15 bits per heavy atom. The number of hydrogen-bond acceptors (Lipinski definition) is 4. The molecule has 2 aromatic rings. The van der Waals surface area contributed by atoms with Crippen molar-refractivity contribution in [3.05, 3.63) is 53.5 Å². The number of likely N-dealkylation sites (tertiary alicyclic amines) is 2. The van der Waals surface area contributed by atoms with Crippen LogP contribution in [0.5, 0.6) is 0 Å².